The van der Waals surface area contributed by atoms with Crippen LogP contribution < -0.4 is 0 Å². The largest absolute Gasteiger partial charge is 0.457 e. The quantitative estimate of drug-likeness (QED) is 0.444. The van der Waals surface area contributed by atoms with Gasteiger partial charge in [-0.25, -0.2) is 0 Å². The molecule has 0 aromatic carbocycles. The number of ether oxygens (including phenoxy) is 1. The molecule has 1 saturated carbocycles. The summed E-state index contributed by atoms with van der Waals surface area (Å²) in [6, 6.07) is 0. The van der Waals surface area contributed by atoms with Crippen LogP contribution >= 0.6 is 0 Å². The predicted molar refractivity (Wildman–Crippen MR) is 72.5 cm³/mol. The van der Waals surface area contributed by atoms with Gasteiger partial charge in [0.25, 0.3) is 0 Å². The average molecular weight is 274 g/mol. The van der Waals surface area contributed by atoms with Gasteiger partial charge in [-0.1, -0.05) is 13.8 Å². The first kappa shape index (κ1) is 14.5. The van der Waals surface area contributed by atoms with Crippen molar-refractivity contribution in [2.45, 2.75) is 39.7 Å². The second-order valence-electron chi connectivity index (χ2n) is 6.06. The second kappa shape index (κ2) is 4.90. The molecule has 106 valence electrons. The Morgan fingerprint density at radius 2 is 2.20 bits per heavy atom. The van der Waals surface area contributed by atoms with Gasteiger partial charge in [-0.05, 0) is 17.9 Å². The summed E-state index contributed by atoms with van der Waals surface area (Å²) in [4.78, 5) is 34.8. The van der Waals surface area contributed by atoms with Crippen LogP contribution in [0.15, 0.2) is 11.1 Å². The number of rotatable bonds is 4. The van der Waals surface area contributed by atoms with Crippen LogP contribution in [0.1, 0.15) is 33.6 Å². The standard InChI is InChI=1S/C16H18O4/c1-5-6-10-9(2)13(7-12(10)18)20-15(19)14-11(8-17)16(14,3)4/h1,8,11,13-14H,6-7H2,2-4H3/t11-,13+,14+/m1/s1. The van der Waals surface area contributed by atoms with E-state index >= 15 is 0 Å². The van der Waals surface area contributed by atoms with Crippen LogP contribution in [0, 0.1) is 29.6 Å². The minimum atomic E-state index is -0.526. The van der Waals surface area contributed by atoms with Crippen molar-refractivity contribution in [1.29, 1.82) is 0 Å². The first-order valence-corrected chi connectivity index (χ1v) is 6.66. The molecule has 0 aromatic rings. The molecule has 0 aliphatic heterocycles. The van der Waals surface area contributed by atoms with E-state index in [4.69, 9.17) is 11.2 Å². The molecule has 4 heteroatoms. The fourth-order valence-electron chi connectivity index (χ4n) is 2.92. The number of esters is 1. The van der Waals surface area contributed by atoms with E-state index in [-0.39, 0.29) is 30.0 Å². The van der Waals surface area contributed by atoms with E-state index in [0.717, 1.165) is 11.9 Å². The molecule has 0 spiro atoms. The van der Waals surface area contributed by atoms with Crippen molar-refractivity contribution in [3.63, 3.8) is 0 Å². The lowest BCUT2D eigenvalue weighted by Gasteiger charge is -2.13. The van der Waals surface area contributed by atoms with Gasteiger partial charge in [0.2, 0.25) is 0 Å². The molecule has 0 bridgehead atoms. The van der Waals surface area contributed by atoms with Crippen molar-refractivity contribution in [3.8, 4) is 12.3 Å². The molecule has 2 rings (SSSR count). The first-order chi connectivity index (χ1) is 9.34. The zero-order valence-electron chi connectivity index (χ0n) is 11.9. The minimum Gasteiger partial charge on any atom is -0.457 e. The molecule has 0 amide bonds. The van der Waals surface area contributed by atoms with Gasteiger partial charge < -0.3 is 9.53 Å². The molecule has 0 N–H and O–H groups in total. The molecule has 0 saturated heterocycles. The van der Waals surface area contributed by atoms with Crippen LogP contribution in [-0.2, 0) is 19.1 Å². The molecule has 2 aliphatic carbocycles. The van der Waals surface area contributed by atoms with E-state index in [9.17, 15) is 14.4 Å². The van der Waals surface area contributed by atoms with Crippen LogP contribution in [0.5, 0.6) is 0 Å². The van der Waals surface area contributed by atoms with Crippen LogP contribution in [0.25, 0.3) is 0 Å². The van der Waals surface area contributed by atoms with Gasteiger partial charge in [0.1, 0.15) is 12.4 Å². The molecule has 0 aromatic heterocycles. The number of aldehydes is 1. The summed E-state index contributed by atoms with van der Waals surface area (Å²) in [5, 5.41) is 0. The highest BCUT2D eigenvalue weighted by Gasteiger charge is 2.63. The van der Waals surface area contributed by atoms with E-state index in [1.165, 1.54) is 0 Å². The Morgan fingerprint density at radius 3 is 2.70 bits per heavy atom. The number of terminal acetylenes is 1. The smallest absolute Gasteiger partial charge is 0.310 e. The molecule has 1 fully saturated rings. The minimum absolute atomic E-state index is 0.0553. The number of allylic oxidation sites excluding steroid dienone is 1. The molecule has 0 radical (unpaired) electrons. The Labute approximate surface area is 118 Å². The summed E-state index contributed by atoms with van der Waals surface area (Å²) in [5.74, 6) is 1.30. The first-order valence-electron chi connectivity index (χ1n) is 6.66. The maximum Gasteiger partial charge on any atom is 0.310 e. The number of carbonyl (C=O) groups is 3. The monoisotopic (exact) mass is 274 g/mol. The lowest BCUT2D eigenvalue weighted by atomic mass is 10.1. The lowest BCUT2D eigenvalue weighted by Crippen LogP contribution is -2.20. The summed E-state index contributed by atoms with van der Waals surface area (Å²) in [6.45, 7) is 5.50. The van der Waals surface area contributed by atoms with Crippen LogP contribution in [0.3, 0.4) is 0 Å². The zero-order chi connectivity index (χ0) is 15.1. The van der Waals surface area contributed by atoms with Crippen molar-refractivity contribution in [1.82, 2.24) is 0 Å². The van der Waals surface area contributed by atoms with Crippen molar-refractivity contribution in [2.24, 2.45) is 17.3 Å². The highest BCUT2D eigenvalue weighted by atomic mass is 16.5. The fraction of sp³-hybridized carbons (Fsp3) is 0.562. The summed E-state index contributed by atoms with van der Waals surface area (Å²) >= 11 is 0. The highest BCUT2D eigenvalue weighted by molar-refractivity contribution is 6.00. The van der Waals surface area contributed by atoms with E-state index < -0.39 is 18.0 Å². The Bertz CT molecular complexity index is 547. The van der Waals surface area contributed by atoms with E-state index in [1.807, 2.05) is 13.8 Å². The number of Topliss-reactive ketones (excluding diaryl/α,β-unsaturated/α-hetero) is 1. The molecular formula is C16H18O4. The van der Waals surface area contributed by atoms with Gasteiger partial charge >= 0.3 is 5.97 Å². The topological polar surface area (TPSA) is 60.4 Å². The van der Waals surface area contributed by atoms with E-state index in [1.54, 1.807) is 6.92 Å². The van der Waals surface area contributed by atoms with Gasteiger partial charge in [0.05, 0.1) is 12.3 Å². The SMILES string of the molecule is C#CCC1=C(C)[C@@H](OC(=O)[C@@H]2[C@@H](C=O)C2(C)C)CC1=O. The van der Waals surface area contributed by atoms with Crippen molar-refractivity contribution in [2.75, 3.05) is 0 Å². The maximum atomic E-state index is 12.1. The third-order valence-corrected chi connectivity index (χ3v) is 4.51. The van der Waals surface area contributed by atoms with Crippen LogP contribution in [0.2, 0.25) is 0 Å². The summed E-state index contributed by atoms with van der Waals surface area (Å²) < 4.78 is 5.42. The van der Waals surface area contributed by atoms with Gasteiger partial charge in [-0.3, -0.25) is 9.59 Å². The molecule has 3 atom stereocenters. The summed E-state index contributed by atoms with van der Waals surface area (Å²) in [7, 11) is 0. The predicted octanol–water partition coefficient (Wildman–Crippen LogP) is 1.68. The summed E-state index contributed by atoms with van der Waals surface area (Å²) in [5.41, 5.74) is 0.968. The number of hydrogen-bond acceptors (Lipinski definition) is 4. The Kier molecular flexibility index (Phi) is 3.56. The van der Waals surface area contributed by atoms with Gasteiger partial charge in [-0.15, -0.1) is 12.3 Å². The maximum absolute atomic E-state index is 12.1. The highest BCUT2D eigenvalue weighted by Crippen LogP contribution is 2.57. The van der Waals surface area contributed by atoms with Crippen LogP contribution in [0.4, 0.5) is 0 Å². The Hall–Kier alpha value is -1.89. The third-order valence-electron chi connectivity index (χ3n) is 4.51. The number of carbonyl (C=O) groups excluding carboxylic acids is 3. The van der Waals surface area contributed by atoms with E-state index in [2.05, 4.69) is 5.92 Å². The van der Waals surface area contributed by atoms with E-state index in [0.29, 0.717) is 5.57 Å². The second-order valence-corrected chi connectivity index (χ2v) is 6.06. The van der Waals surface area contributed by atoms with Crippen molar-refractivity contribution < 1.29 is 19.1 Å². The average Bonchev–Trinajstić information content (AvgIpc) is 2.85. The molecule has 20 heavy (non-hydrogen) atoms. The molecule has 2 aliphatic rings. The zero-order valence-corrected chi connectivity index (χ0v) is 11.9. The Morgan fingerprint density at radius 1 is 1.55 bits per heavy atom. The lowest BCUT2D eigenvalue weighted by molar-refractivity contribution is -0.150. The molecular weight excluding hydrogens is 256 g/mol. The summed E-state index contributed by atoms with van der Waals surface area (Å²) in [6.07, 6.45) is 5.93. The Balaban J connectivity index is 2.06. The fourth-order valence-corrected chi connectivity index (χ4v) is 2.92. The van der Waals surface area contributed by atoms with Crippen molar-refractivity contribution in [3.05, 3.63) is 11.1 Å². The van der Waals surface area contributed by atoms with Gasteiger partial charge in [0.15, 0.2) is 5.78 Å². The van der Waals surface area contributed by atoms with Crippen molar-refractivity contribution >= 4 is 18.0 Å². The normalized spacial score (nSPS) is 30.9. The molecule has 0 unspecified atom stereocenters. The van der Waals surface area contributed by atoms with Gasteiger partial charge in [-0.2, -0.15) is 0 Å². The molecule has 0 heterocycles. The van der Waals surface area contributed by atoms with Crippen LogP contribution in [-0.4, -0.2) is 24.1 Å². The third kappa shape index (κ3) is 2.18. The number of hydrogen-bond donors (Lipinski definition) is 0. The molecule has 4 nitrogen and oxygen atoms in total. The van der Waals surface area contributed by atoms with Gasteiger partial charge in [0, 0.05) is 17.9 Å². The number of ketones is 1.